The molecule has 20 heavy (non-hydrogen) atoms. The Hall–Kier alpha value is -1.95. The number of rotatable bonds is 5. The third kappa shape index (κ3) is 3.54. The zero-order valence-corrected chi connectivity index (χ0v) is 11.6. The summed E-state index contributed by atoms with van der Waals surface area (Å²) < 4.78 is 13.2. The third-order valence-corrected chi connectivity index (χ3v) is 3.17. The zero-order chi connectivity index (χ0) is 15.6. The largest absolute Gasteiger partial charge is 0.479 e. The van der Waals surface area contributed by atoms with Gasteiger partial charge in [-0.05, 0) is 38.5 Å². The number of halogens is 1. The number of hydrogen-bond acceptors (Lipinski definition) is 3. The van der Waals surface area contributed by atoms with Gasteiger partial charge in [0.25, 0.3) is 0 Å². The lowest BCUT2D eigenvalue weighted by Crippen LogP contribution is -2.50. The second-order valence-corrected chi connectivity index (χ2v) is 5.40. The molecule has 0 radical (unpaired) electrons. The number of carboxylic acid groups (broad SMARTS) is 1. The van der Waals surface area contributed by atoms with Crippen molar-refractivity contribution < 1.29 is 24.2 Å². The van der Waals surface area contributed by atoms with Crippen molar-refractivity contribution in [1.29, 1.82) is 0 Å². The maximum absolute atomic E-state index is 13.2. The van der Waals surface area contributed by atoms with E-state index in [0.29, 0.717) is 5.56 Å². The van der Waals surface area contributed by atoms with Crippen LogP contribution in [0.4, 0.5) is 4.39 Å². The van der Waals surface area contributed by atoms with E-state index in [9.17, 15) is 19.1 Å². The van der Waals surface area contributed by atoms with Crippen LogP contribution in [0.25, 0.3) is 0 Å². The molecule has 1 rings (SSSR count). The highest BCUT2D eigenvalue weighted by Crippen LogP contribution is 2.24. The summed E-state index contributed by atoms with van der Waals surface area (Å²) in [6.07, 6.45) is 0. The molecule has 0 fully saturated rings. The Bertz CT molecular complexity index is 526. The summed E-state index contributed by atoms with van der Waals surface area (Å²) in [5.74, 6) is -2.38. The van der Waals surface area contributed by atoms with Gasteiger partial charge in [-0.25, -0.2) is 9.18 Å². The molecule has 0 saturated heterocycles. The first-order chi connectivity index (χ1) is 9.07. The zero-order valence-electron chi connectivity index (χ0n) is 11.6. The molecule has 6 heteroatoms. The molecule has 0 aromatic heterocycles. The van der Waals surface area contributed by atoms with Crippen molar-refractivity contribution in [3.63, 3.8) is 0 Å². The van der Waals surface area contributed by atoms with Crippen LogP contribution in [0.2, 0.25) is 0 Å². The second-order valence-electron chi connectivity index (χ2n) is 5.40. The van der Waals surface area contributed by atoms with Crippen LogP contribution in [0.5, 0.6) is 0 Å². The predicted molar refractivity (Wildman–Crippen MR) is 70.7 cm³/mol. The molecule has 0 aliphatic carbocycles. The molecular weight excluding hydrogens is 265 g/mol. The fourth-order valence-corrected chi connectivity index (χ4v) is 1.56. The Balaban J connectivity index is 2.83. The minimum atomic E-state index is -2.05. The van der Waals surface area contributed by atoms with E-state index >= 15 is 0 Å². The molecule has 1 unspecified atom stereocenters. The molecular formula is C14H18FNO4. The van der Waals surface area contributed by atoms with Gasteiger partial charge in [-0.3, -0.25) is 4.79 Å². The van der Waals surface area contributed by atoms with E-state index in [1.807, 2.05) is 0 Å². The monoisotopic (exact) mass is 283 g/mol. The summed E-state index contributed by atoms with van der Waals surface area (Å²) in [6.45, 7) is 3.84. The van der Waals surface area contributed by atoms with E-state index in [1.54, 1.807) is 19.9 Å². The number of carbonyl (C=O) groups is 2. The third-order valence-electron chi connectivity index (χ3n) is 3.17. The molecule has 1 atom stereocenters. The van der Waals surface area contributed by atoms with Crippen LogP contribution in [0.3, 0.4) is 0 Å². The lowest BCUT2D eigenvalue weighted by molar-refractivity contribution is -0.156. The first kappa shape index (κ1) is 16.1. The van der Waals surface area contributed by atoms with E-state index in [0.717, 1.165) is 6.92 Å². The average molecular weight is 283 g/mol. The van der Waals surface area contributed by atoms with Gasteiger partial charge in [0.1, 0.15) is 5.82 Å². The summed E-state index contributed by atoms with van der Waals surface area (Å²) in [6, 6.07) is 5.62. The molecule has 0 heterocycles. The molecule has 0 aliphatic rings. The first-order valence-corrected chi connectivity index (χ1v) is 6.07. The molecule has 3 N–H and O–H groups in total. The number of benzene rings is 1. The van der Waals surface area contributed by atoms with E-state index in [2.05, 4.69) is 5.32 Å². The fraction of sp³-hybridized carbons (Fsp3) is 0.429. The highest BCUT2D eigenvalue weighted by molar-refractivity contribution is 5.88. The Kier molecular flexibility index (Phi) is 4.50. The van der Waals surface area contributed by atoms with Gasteiger partial charge in [-0.1, -0.05) is 12.1 Å². The van der Waals surface area contributed by atoms with E-state index in [4.69, 9.17) is 5.11 Å². The van der Waals surface area contributed by atoms with Crippen LogP contribution >= 0.6 is 0 Å². The van der Waals surface area contributed by atoms with Gasteiger partial charge in [0.05, 0.1) is 12.0 Å². The fourth-order valence-electron chi connectivity index (χ4n) is 1.56. The SMILES string of the molecule is CC(O)(CNC(=O)C(C)(C)c1cccc(F)c1)C(=O)O. The maximum atomic E-state index is 13.2. The Morgan fingerprint density at radius 3 is 2.40 bits per heavy atom. The number of carboxylic acids is 1. The van der Waals surface area contributed by atoms with E-state index in [1.165, 1.54) is 18.2 Å². The van der Waals surface area contributed by atoms with E-state index < -0.39 is 35.3 Å². The smallest absolute Gasteiger partial charge is 0.337 e. The van der Waals surface area contributed by atoms with Gasteiger partial charge >= 0.3 is 5.97 Å². The highest BCUT2D eigenvalue weighted by Gasteiger charge is 2.34. The van der Waals surface area contributed by atoms with Crippen LogP contribution in [-0.2, 0) is 15.0 Å². The lowest BCUT2D eigenvalue weighted by atomic mass is 9.83. The predicted octanol–water partition coefficient (Wildman–Crippen LogP) is 1.06. The van der Waals surface area contributed by atoms with Crippen molar-refractivity contribution in [3.05, 3.63) is 35.6 Å². The first-order valence-electron chi connectivity index (χ1n) is 6.07. The minimum Gasteiger partial charge on any atom is -0.479 e. The summed E-state index contributed by atoms with van der Waals surface area (Å²) in [5, 5.41) is 20.7. The number of nitrogens with one attached hydrogen (secondary N) is 1. The topological polar surface area (TPSA) is 86.6 Å². The molecule has 1 aromatic carbocycles. The van der Waals surface area contributed by atoms with Crippen molar-refractivity contribution >= 4 is 11.9 Å². The molecule has 1 aromatic rings. The summed E-state index contributed by atoms with van der Waals surface area (Å²) in [4.78, 5) is 22.9. The Morgan fingerprint density at radius 2 is 1.90 bits per heavy atom. The van der Waals surface area contributed by atoms with Gasteiger partial charge in [-0.15, -0.1) is 0 Å². The number of carbonyl (C=O) groups excluding carboxylic acids is 1. The van der Waals surface area contributed by atoms with Crippen LogP contribution in [0, 0.1) is 5.82 Å². The quantitative estimate of drug-likeness (QED) is 0.754. The van der Waals surface area contributed by atoms with Crippen LogP contribution in [-0.4, -0.2) is 34.2 Å². The van der Waals surface area contributed by atoms with Crippen molar-refractivity contribution in [2.45, 2.75) is 31.8 Å². The van der Waals surface area contributed by atoms with Gasteiger partial charge in [0.2, 0.25) is 5.91 Å². The normalized spacial score (nSPS) is 14.4. The molecule has 0 saturated carbocycles. The summed E-state index contributed by atoms with van der Waals surface area (Å²) >= 11 is 0. The van der Waals surface area contributed by atoms with Crippen molar-refractivity contribution in [3.8, 4) is 0 Å². The van der Waals surface area contributed by atoms with Crippen molar-refractivity contribution in [2.24, 2.45) is 0 Å². The molecule has 0 spiro atoms. The molecule has 1 amide bonds. The number of aliphatic hydroxyl groups is 1. The standard InChI is InChI=1S/C14H18FNO4/c1-13(2,9-5-4-6-10(15)7-9)11(17)16-8-14(3,20)12(18)19/h4-7,20H,8H2,1-3H3,(H,16,17)(H,18,19). The lowest BCUT2D eigenvalue weighted by Gasteiger charge is -2.26. The molecule has 0 bridgehead atoms. The van der Waals surface area contributed by atoms with Crippen molar-refractivity contribution in [1.82, 2.24) is 5.32 Å². The molecule has 0 aliphatic heterocycles. The molecule has 110 valence electrons. The Morgan fingerprint density at radius 1 is 1.30 bits per heavy atom. The average Bonchev–Trinajstić information content (AvgIpc) is 2.35. The highest BCUT2D eigenvalue weighted by atomic mass is 19.1. The maximum Gasteiger partial charge on any atom is 0.337 e. The van der Waals surface area contributed by atoms with Gasteiger partial charge in [0, 0.05) is 0 Å². The number of aliphatic carboxylic acids is 1. The molecule has 5 nitrogen and oxygen atoms in total. The van der Waals surface area contributed by atoms with Crippen LogP contribution < -0.4 is 5.32 Å². The van der Waals surface area contributed by atoms with Gasteiger partial charge in [-0.2, -0.15) is 0 Å². The summed E-state index contributed by atoms with van der Waals surface area (Å²) in [7, 11) is 0. The van der Waals surface area contributed by atoms with Gasteiger partial charge in [0.15, 0.2) is 5.60 Å². The second kappa shape index (κ2) is 5.58. The van der Waals surface area contributed by atoms with Crippen molar-refractivity contribution in [2.75, 3.05) is 6.54 Å². The van der Waals surface area contributed by atoms with Crippen LogP contribution in [0.15, 0.2) is 24.3 Å². The summed E-state index contributed by atoms with van der Waals surface area (Å²) in [5.41, 5.74) is -2.63. The number of hydrogen-bond donors (Lipinski definition) is 3. The van der Waals surface area contributed by atoms with E-state index in [-0.39, 0.29) is 0 Å². The van der Waals surface area contributed by atoms with Crippen LogP contribution in [0.1, 0.15) is 26.3 Å². The van der Waals surface area contributed by atoms with Gasteiger partial charge < -0.3 is 15.5 Å². The Labute approximate surface area is 116 Å². The number of amides is 1. The minimum absolute atomic E-state index is 0.431.